The van der Waals surface area contributed by atoms with Gasteiger partial charge < -0.3 is 39.4 Å². The van der Waals surface area contributed by atoms with Gasteiger partial charge >= 0.3 is 0 Å². The molecule has 13 heteroatoms. The maximum absolute atomic E-state index is 13.7. The molecule has 0 saturated carbocycles. The number of non-ortho nitro benzene ring substituents is 1. The number of para-hydroxylation sites is 1. The van der Waals surface area contributed by atoms with Crippen LogP contribution < -0.4 is 34.5 Å². The summed E-state index contributed by atoms with van der Waals surface area (Å²) in [5.74, 6) is 1.76. The third-order valence-corrected chi connectivity index (χ3v) is 10.8. The van der Waals surface area contributed by atoms with E-state index < -0.39 is 4.92 Å². The summed E-state index contributed by atoms with van der Waals surface area (Å²) < 4.78 is 23.3. The molecule has 8 rings (SSSR count). The van der Waals surface area contributed by atoms with E-state index in [1.807, 2.05) is 54.1 Å². The van der Waals surface area contributed by atoms with Crippen molar-refractivity contribution in [2.45, 2.75) is 64.8 Å². The summed E-state index contributed by atoms with van der Waals surface area (Å²) >= 11 is 0. The highest BCUT2D eigenvalue weighted by Gasteiger charge is 2.37. The van der Waals surface area contributed by atoms with E-state index in [1.165, 1.54) is 24.8 Å². The van der Waals surface area contributed by atoms with Crippen LogP contribution in [0.4, 0.5) is 22.7 Å². The Balaban J connectivity index is 0.000000351. The molecule has 2 amide bonds. The summed E-state index contributed by atoms with van der Waals surface area (Å²) in [5, 5.41) is 18.3. The number of fused-ring (bicyclic) bond motifs is 4. The Morgan fingerprint density at radius 2 is 1.65 bits per heavy atom. The number of methoxy groups -OCH3 is 2. The summed E-state index contributed by atoms with van der Waals surface area (Å²) in [7, 11) is 4.90. The second-order valence-corrected chi connectivity index (χ2v) is 14.5. The van der Waals surface area contributed by atoms with Crippen molar-refractivity contribution in [2.75, 3.05) is 43.3 Å². The number of nitrogens with one attached hydrogen (secondary N) is 2. The van der Waals surface area contributed by atoms with Gasteiger partial charge in [0.25, 0.3) is 11.6 Å². The lowest BCUT2D eigenvalue weighted by molar-refractivity contribution is -0.385. The third-order valence-electron chi connectivity index (χ3n) is 10.8. The molecular formula is C44H47N5O8. The van der Waals surface area contributed by atoms with Crippen LogP contribution in [-0.4, -0.2) is 62.0 Å². The Morgan fingerprint density at radius 1 is 0.947 bits per heavy atom. The topological polar surface area (TPSA) is 145 Å². The summed E-state index contributed by atoms with van der Waals surface area (Å²) in [6, 6.07) is 20.2. The van der Waals surface area contributed by atoms with Crippen molar-refractivity contribution >= 4 is 35.1 Å². The van der Waals surface area contributed by atoms with Crippen LogP contribution in [0.2, 0.25) is 0 Å². The van der Waals surface area contributed by atoms with Crippen molar-refractivity contribution in [3.05, 3.63) is 128 Å². The van der Waals surface area contributed by atoms with E-state index in [-0.39, 0.29) is 30.9 Å². The lowest BCUT2D eigenvalue weighted by atomic mass is 10.0. The number of carbonyl (C=O) groups is 2. The lowest BCUT2D eigenvalue weighted by Gasteiger charge is -2.22. The quantitative estimate of drug-likeness (QED) is 0.0875. The fraction of sp³-hybridized carbons (Fsp3) is 0.318. The molecule has 4 aromatic rings. The zero-order valence-electron chi connectivity index (χ0n) is 32.8. The minimum Gasteiger partial charge on any atom is -0.493 e. The molecule has 3 heterocycles. The van der Waals surface area contributed by atoms with Crippen molar-refractivity contribution in [3.63, 3.8) is 0 Å². The molecule has 0 bridgehead atoms. The van der Waals surface area contributed by atoms with Gasteiger partial charge in [-0.05, 0) is 97.7 Å². The number of allylic oxidation sites excluding steroid dienone is 2. The standard InChI is InChI=1S/C34H34N4O7.C10H13NO/c1-20-9-30(42-3)32(15-27(20)35-2)44-18-21-10-22(12-24(11-21)38(40)41)19-45-33-16-28-26(14-31(33)43-4)34(39)37-25(17-36-28)13-23-7-5-6-8-29(23)37;1-8-6-9-4-2-3-5-10(9)11(8)7-12/h5-12,14-16,25,35-36H,13,17-19H2,1-4H3;3,5,7-8H,2,4,6H2,1H3/t;8-/m.1/s1. The first-order chi connectivity index (χ1) is 27.6. The number of rotatable bonds is 11. The largest absolute Gasteiger partial charge is 0.493 e. The van der Waals surface area contributed by atoms with Crippen LogP contribution in [0.25, 0.3) is 0 Å². The molecule has 1 unspecified atom stereocenters. The molecule has 296 valence electrons. The number of nitro benzene ring substituents is 1. The number of anilines is 3. The Bertz CT molecular complexity index is 2270. The van der Waals surface area contributed by atoms with Gasteiger partial charge in [0.05, 0.1) is 36.4 Å². The SMILES string of the molecule is CNc1cc(OCc2cc(COc3cc4c(cc3OC)C(=O)N3c5ccccc5CC3CN4)cc([N+](=O)[O-])c2)c(OC)cc1C.C[C@@H]1CC2=C(C=CCC2)N1C=O. The first-order valence-corrected chi connectivity index (χ1v) is 19.0. The highest BCUT2D eigenvalue weighted by atomic mass is 16.6. The van der Waals surface area contributed by atoms with Crippen LogP contribution in [0.5, 0.6) is 23.0 Å². The minimum absolute atomic E-state index is 0.00660. The number of hydrogen-bond donors (Lipinski definition) is 2. The van der Waals surface area contributed by atoms with Gasteiger partial charge in [0.2, 0.25) is 6.41 Å². The Morgan fingerprint density at radius 3 is 2.33 bits per heavy atom. The average Bonchev–Trinajstić information content (AvgIpc) is 3.73. The van der Waals surface area contributed by atoms with E-state index in [9.17, 15) is 19.7 Å². The molecule has 13 nitrogen and oxygen atoms in total. The normalized spacial score (nSPS) is 17.5. The summed E-state index contributed by atoms with van der Waals surface area (Å²) in [6.45, 7) is 4.74. The van der Waals surface area contributed by atoms with E-state index in [0.29, 0.717) is 58.0 Å². The number of ether oxygens (including phenoxy) is 4. The Hall–Kier alpha value is -6.50. The van der Waals surface area contributed by atoms with E-state index >= 15 is 0 Å². The van der Waals surface area contributed by atoms with Crippen molar-refractivity contribution < 1.29 is 33.5 Å². The molecule has 0 radical (unpaired) electrons. The lowest BCUT2D eigenvalue weighted by Crippen LogP contribution is -2.39. The van der Waals surface area contributed by atoms with Crippen LogP contribution in [-0.2, 0) is 24.4 Å². The number of aryl methyl sites for hydroxylation is 1. The predicted octanol–water partition coefficient (Wildman–Crippen LogP) is 7.96. The molecule has 2 atom stereocenters. The van der Waals surface area contributed by atoms with Crippen molar-refractivity contribution in [2.24, 2.45) is 0 Å². The zero-order chi connectivity index (χ0) is 40.2. The van der Waals surface area contributed by atoms with Gasteiger partial charge in [-0.2, -0.15) is 0 Å². The van der Waals surface area contributed by atoms with Gasteiger partial charge in [0, 0.05) is 61.0 Å². The van der Waals surface area contributed by atoms with Crippen LogP contribution in [0.3, 0.4) is 0 Å². The summed E-state index contributed by atoms with van der Waals surface area (Å²) in [5.41, 5.74) is 8.79. The molecule has 2 N–H and O–H groups in total. The molecule has 0 saturated heterocycles. The number of amides is 2. The molecule has 0 fully saturated rings. The number of nitrogens with zero attached hydrogens (tertiary/aromatic N) is 3. The number of nitro groups is 1. The van der Waals surface area contributed by atoms with Crippen LogP contribution in [0.15, 0.2) is 90.2 Å². The molecule has 0 aromatic heterocycles. The maximum atomic E-state index is 13.7. The second-order valence-electron chi connectivity index (χ2n) is 14.5. The Labute approximate surface area is 332 Å². The highest BCUT2D eigenvalue weighted by molar-refractivity contribution is 6.12. The van der Waals surface area contributed by atoms with E-state index in [1.54, 1.807) is 25.3 Å². The van der Waals surface area contributed by atoms with E-state index in [0.717, 1.165) is 60.3 Å². The first kappa shape index (κ1) is 38.8. The second kappa shape index (κ2) is 16.7. The molecule has 4 aromatic carbocycles. The fourth-order valence-corrected chi connectivity index (χ4v) is 7.98. The minimum atomic E-state index is -0.443. The summed E-state index contributed by atoms with van der Waals surface area (Å²) in [4.78, 5) is 39.5. The molecule has 4 aliphatic rings. The van der Waals surface area contributed by atoms with Crippen molar-refractivity contribution in [1.29, 1.82) is 0 Å². The summed E-state index contributed by atoms with van der Waals surface area (Å²) in [6.07, 6.45) is 9.29. The highest BCUT2D eigenvalue weighted by Crippen LogP contribution is 2.41. The van der Waals surface area contributed by atoms with Crippen LogP contribution in [0.1, 0.15) is 58.8 Å². The molecule has 3 aliphatic heterocycles. The smallest absolute Gasteiger partial charge is 0.270 e. The average molecular weight is 774 g/mol. The van der Waals surface area contributed by atoms with Crippen LogP contribution >= 0.6 is 0 Å². The molecule has 0 spiro atoms. The third kappa shape index (κ3) is 7.95. The zero-order valence-corrected chi connectivity index (χ0v) is 32.8. The fourth-order valence-electron chi connectivity index (χ4n) is 7.98. The van der Waals surface area contributed by atoms with Gasteiger partial charge in [-0.3, -0.25) is 19.7 Å². The molecule has 1 aliphatic carbocycles. The van der Waals surface area contributed by atoms with E-state index in [4.69, 9.17) is 18.9 Å². The number of benzene rings is 4. The van der Waals surface area contributed by atoms with Crippen LogP contribution in [0, 0.1) is 17.0 Å². The van der Waals surface area contributed by atoms with Gasteiger partial charge in [-0.25, -0.2) is 0 Å². The van der Waals surface area contributed by atoms with E-state index in [2.05, 4.69) is 35.8 Å². The Kier molecular flexibility index (Phi) is 11.4. The van der Waals surface area contributed by atoms with Crippen molar-refractivity contribution in [3.8, 4) is 23.0 Å². The van der Waals surface area contributed by atoms with Gasteiger partial charge in [-0.15, -0.1) is 0 Å². The van der Waals surface area contributed by atoms with Gasteiger partial charge in [0.1, 0.15) is 13.2 Å². The van der Waals surface area contributed by atoms with Gasteiger partial charge in [-0.1, -0.05) is 24.3 Å². The van der Waals surface area contributed by atoms with Gasteiger partial charge in [0.15, 0.2) is 23.0 Å². The first-order valence-electron chi connectivity index (χ1n) is 19.0. The molecule has 57 heavy (non-hydrogen) atoms. The maximum Gasteiger partial charge on any atom is 0.270 e. The van der Waals surface area contributed by atoms with Crippen molar-refractivity contribution in [1.82, 2.24) is 4.90 Å². The predicted molar refractivity (Wildman–Crippen MR) is 219 cm³/mol. The number of hydrogen-bond acceptors (Lipinski definition) is 10. The number of carbonyl (C=O) groups excluding carboxylic acids is 2. The monoisotopic (exact) mass is 773 g/mol. The molecular weight excluding hydrogens is 727 g/mol.